The highest BCUT2D eigenvalue weighted by Crippen LogP contribution is 2.28. The predicted octanol–water partition coefficient (Wildman–Crippen LogP) is 3.84. The van der Waals surface area contributed by atoms with Gasteiger partial charge < -0.3 is 10.2 Å². The molecule has 11 heteroatoms. The first-order valence-electron chi connectivity index (χ1n) is 10.1. The van der Waals surface area contributed by atoms with Crippen LogP contribution >= 0.6 is 23.2 Å². The van der Waals surface area contributed by atoms with Gasteiger partial charge in [-0.3, -0.25) is 13.9 Å². The molecule has 1 atom stereocenters. The molecule has 1 N–H and O–H groups in total. The Kier molecular flexibility index (Phi) is 9.11. The number of carbonyl (C=O) groups is 2. The zero-order valence-electron chi connectivity index (χ0n) is 18.7. The van der Waals surface area contributed by atoms with Crippen LogP contribution in [0.25, 0.3) is 0 Å². The van der Waals surface area contributed by atoms with E-state index < -0.39 is 40.2 Å². The minimum absolute atomic E-state index is 0.114. The molecule has 33 heavy (non-hydrogen) atoms. The molecule has 0 aliphatic carbocycles. The number of sulfonamides is 1. The van der Waals surface area contributed by atoms with Crippen LogP contribution in [0.3, 0.4) is 0 Å². The lowest BCUT2D eigenvalue weighted by atomic mass is 10.1. The van der Waals surface area contributed by atoms with Gasteiger partial charge in [0, 0.05) is 18.2 Å². The van der Waals surface area contributed by atoms with E-state index in [2.05, 4.69) is 5.32 Å². The Morgan fingerprint density at radius 1 is 1.06 bits per heavy atom. The average molecular weight is 518 g/mol. The van der Waals surface area contributed by atoms with E-state index >= 15 is 0 Å². The molecule has 0 heterocycles. The van der Waals surface area contributed by atoms with Crippen LogP contribution in [-0.4, -0.2) is 50.0 Å². The van der Waals surface area contributed by atoms with Gasteiger partial charge in [0.25, 0.3) is 0 Å². The zero-order chi connectivity index (χ0) is 24.9. The van der Waals surface area contributed by atoms with Gasteiger partial charge in [0.05, 0.1) is 22.0 Å². The van der Waals surface area contributed by atoms with Crippen molar-refractivity contribution >= 4 is 50.7 Å². The number of anilines is 1. The van der Waals surface area contributed by atoms with Crippen molar-refractivity contribution in [3.63, 3.8) is 0 Å². The second kappa shape index (κ2) is 11.2. The summed E-state index contributed by atoms with van der Waals surface area (Å²) in [6.45, 7) is 4.19. The van der Waals surface area contributed by atoms with Crippen molar-refractivity contribution in [3.05, 3.63) is 63.9 Å². The van der Waals surface area contributed by atoms with Crippen molar-refractivity contribution in [2.24, 2.45) is 0 Å². The van der Waals surface area contributed by atoms with E-state index in [9.17, 15) is 22.4 Å². The zero-order valence-corrected chi connectivity index (χ0v) is 21.0. The van der Waals surface area contributed by atoms with Crippen LogP contribution in [0.2, 0.25) is 10.0 Å². The smallest absolute Gasteiger partial charge is 0.244 e. The molecule has 0 aromatic heterocycles. The van der Waals surface area contributed by atoms with Crippen molar-refractivity contribution < 1.29 is 22.4 Å². The van der Waals surface area contributed by atoms with E-state index in [0.717, 1.165) is 15.5 Å². The van der Waals surface area contributed by atoms with Crippen molar-refractivity contribution in [1.82, 2.24) is 10.2 Å². The Hall–Kier alpha value is -2.36. The van der Waals surface area contributed by atoms with Crippen molar-refractivity contribution in [3.8, 4) is 0 Å². The lowest BCUT2D eigenvalue weighted by molar-refractivity contribution is -0.139. The first-order valence-corrected chi connectivity index (χ1v) is 12.7. The van der Waals surface area contributed by atoms with E-state index in [1.54, 1.807) is 19.9 Å². The third-order valence-electron chi connectivity index (χ3n) is 4.77. The molecule has 0 saturated heterocycles. The molecule has 7 nitrogen and oxygen atoms in total. The molecule has 2 rings (SSSR count). The summed E-state index contributed by atoms with van der Waals surface area (Å²) in [5.41, 5.74) is 0.320. The molecule has 0 saturated carbocycles. The van der Waals surface area contributed by atoms with Crippen LogP contribution in [0, 0.1) is 5.82 Å². The van der Waals surface area contributed by atoms with Gasteiger partial charge in [-0.15, -0.1) is 0 Å². The maximum Gasteiger partial charge on any atom is 0.244 e. The highest BCUT2D eigenvalue weighted by molar-refractivity contribution is 7.92. The van der Waals surface area contributed by atoms with Gasteiger partial charge in [0.15, 0.2) is 0 Å². The maximum atomic E-state index is 14.3. The molecule has 0 spiro atoms. The molecule has 0 aliphatic rings. The van der Waals surface area contributed by atoms with Crippen LogP contribution in [0.5, 0.6) is 0 Å². The van der Waals surface area contributed by atoms with Crippen LogP contribution in [-0.2, 0) is 26.2 Å². The monoisotopic (exact) mass is 517 g/mol. The molecule has 2 aromatic rings. The largest absolute Gasteiger partial charge is 0.352 e. The highest BCUT2D eigenvalue weighted by Gasteiger charge is 2.31. The SMILES string of the molecule is CC(C)NC(=O)[C@@H](C)N(Cc1ccccc1F)C(=O)CN(c1ccc(Cl)c(Cl)c1)S(C)(=O)=O. The molecular weight excluding hydrogens is 492 g/mol. The summed E-state index contributed by atoms with van der Waals surface area (Å²) >= 11 is 12.0. The minimum atomic E-state index is -3.91. The van der Waals surface area contributed by atoms with Crippen molar-refractivity contribution in [2.75, 3.05) is 17.1 Å². The molecule has 0 fully saturated rings. The fraction of sp³-hybridized carbons (Fsp3) is 0.364. The lowest BCUT2D eigenvalue weighted by Gasteiger charge is -2.32. The maximum absolute atomic E-state index is 14.3. The second-order valence-corrected chi connectivity index (χ2v) is 10.5. The Labute approximate surface area is 203 Å². The Morgan fingerprint density at radius 2 is 1.70 bits per heavy atom. The van der Waals surface area contributed by atoms with Gasteiger partial charge in [-0.1, -0.05) is 41.4 Å². The first kappa shape index (κ1) is 26.9. The Bertz CT molecular complexity index is 1130. The summed E-state index contributed by atoms with van der Waals surface area (Å²) in [4.78, 5) is 27.1. The van der Waals surface area contributed by atoms with Gasteiger partial charge >= 0.3 is 0 Å². The predicted molar refractivity (Wildman–Crippen MR) is 128 cm³/mol. The van der Waals surface area contributed by atoms with Gasteiger partial charge in [-0.05, 0) is 45.0 Å². The fourth-order valence-electron chi connectivity index (χ4n) is 3.05. The number of rotatable bonds is 9. The molecular formula is C22H26Cl2FN3O4S. The quantitative estimate of drug-likeness (QED) is 0.547. The molecule has 2 amide bonds. The number of halogens is 3. The molecule has 0 bridgehead atoms. The highest BCUT2D eigenvalue weighted by atomic mass is 35.5. The molecule has 180 valence electrons. The topological polar surface area (TPSA) is 86.8 Å². The summed E-state index contributed by atoms with van der Waals surface area (Å²) in [6, 6.07) is 8.84. The Morgan fingerprint density at radius 3 is 2.24 bits per heavy atom. The second-order valence-electron chi connectivity index (χ2n) is 7.82. The molecule has 0 radical (unpaired) electrons. The normalized spacial score (nSPS) is 12.4. The molecule has 0 unspecified atom stereocenters. The first-order chi connectivity index (χ1) is 15.3. The number of nitrogens with zero attached hydrogens (tertiary/aromatic N) is 2. The van der Waals surface area contributed by atoms with Gasteiger partial charge in [-0.2, -0.15) is 0 Å². The number of nitrogens with one attached hydrogen (secondary N) is 1. The van der Waals surface area contributed by atoms with Crippen LogP contribution in [0.1, 0.15) is 26.3 Å². The van der Waals surface area contributed by atoms with E-state index in [0.29, 0.717) is 0 Å². The number of benzene rings is 2. The average Bonchev–Trinajstić information content (AvgIpc) is 2.71. The van der Waals surface area contributed by atoms with Crippen LogP contribution in [0.4, 0.5) is 10.1 Å². The number of hydrogen-bond donors (Lipinski definition) is 1. The summed E-state index contributed by atoms with van der Waals surface area (Å²) in [5.74, 6) is -1.69. The summed E-state index contributed by atoms with van der Waals surface area (Å²) < 4.78 is 40.2. The molecule has 0 aliphatic heterocycles. The van der Waals surface area contributed by atoms with Crippen molar-refractivity contribution in [1.29, 1.82) is 0 Å². The summed E-state index contributed by atoms with van der Waals surface area (Å²) in [7, 11) is -3.91. The number of amides is 2. The van der Waals surface area contributed by atoms with Gasteiger partial charge in [-0.25, -0.2) is 12.8 Å². The van der Waals surface area contributed by atoms with E-state index in [1.807, 2.05) is 0 Å². The minimum Gasteiger partial charge on any atom is -0.352 e. The third-order valence-corrected chi connectivity index (χ3v) is 6.65. The summed E-state index contributed by atoms with van der Waals surface area (Å²) in [5, 5.41) is 3.05. The van der Waals surface area contributed by atoms with Crippen LogP contribution < -0.4 is 9.62 Å². The number of carbonyl (C=O) groups excluding carboxylic acids is 2. The van der Waals surface area contributed by atoms with Crippen molar-refractivity contribution in [2.45, 2.75) is 39.4 Å². The van der Waals surface area contributed by atoms with E-state index in [1.165, 1.54) is 43.3 Å². The number of hydrogen-bond acceptors (Lipinski definition) is 4. The Balaban J connectivity index is 2.43. The van der Waals surface area contributed by atoms with E-state index in [-0.39, 0.29) is 33.9 Å². The molecule has 2 aromatic carbocycles. The summed E-state index contributed by atoms with van der Waals surface area (Å²) in [6.07, 6.45) is 0.943. The van der Waals surface area contributed by atoms with E-state index in [4.69, 9.17) is 23.2 Å². The fourth-order valence-corrected chi connectivity index (χ4v) is 4.19. The van der Waals surface area contributed by atoms with Crippen LogP contribution in [0.15, 0.2) is 42.5 Å². The lowest BCUT2D eigenvalue weighted by Crippen LogP contribution is -2.52. The standard InChI is InChI=1S/C22H26Cl2FN3O4S/c1-14(2)26-22(30)15(3)27(12-16-7-5-6-8-20(16)25)21(29)13-28(33(4,31)32)17-9-10-18(23)19(24)11-17/h5-11,14-15H,12-13H2,1-4H3,(H,26,30)/t15-/m1/s1. The third kappa shape index (κ3) is 7.31. The van der Waals surface area contributed by atoms with Gasteiger partial charge in [0.2, 0.25) is 21.8 Å². The van der Waals surface area contributed by atoms with Gasteiger partial charge in [0.1, 0.15) is 18.4 Å².